The molecule has 0 saturated heterocycles. The number of carbonyl (C=O) groups excluding carboxylic acids is 1. The van der Waals surface area contributed by atoms with E-state index in [4.69, 9.17) is 0 Å². The number of amides is 1. The van der Waals surface area contributed by atoms with Crippen LogP contribution in [0.5, 0.6) is 5.75 Å². The predicted molar refractivity (Wildman–Crippen MR) is 106 cm³/mol. The molecule has 8 heteroatoms. The molecule has 5 nitrogen and oxygen atoms in total. The van der Waals surface area contributed by atoms with Crippen LogP contribution in [0.2, 0.25) is 0 Å². The van der Waals surface area contributed by atoms with Gasteiger partial charge in [-0.05, 0) is 61.2 Å². The minimum Gasteiger partial charge on any atom is -0.406 e. The summed E-state index contributed by atoms with van der Waals surface area (Å²) in [5.41, 5.74) is 3.47. The van der Waals surface area contributed by atoms with Crippen LogP contribution in [0.3, 0.4) is 0 Å². The monoisotopic (exact) mass is 415 g/mol. The Morgan fingerprint density at radius 3 is 2.50 bits per heavy atom. The van der Waals surface area contributed by atoms with E-state index in [0.717, 1.165) is 30.8 Å². The van der Waals surface area contributed by atoms with Crippen LogP contribution in [0.1, 0.15) is 24.1 Å². The first-order chi connectivity index (χ1) is 14.4. The minimum atomic E-state index is -4.74. The third kappa shape index (κ3) is 4.82. The Morgan fingerprint density at radius 1 is 1.07 bits per heavy atom. The maximum atomic E-state index is 12.3. The lowest BCUT2D eigenvalue weighted by atomic mass is 10.1. The van der Waals surface area contributed by atoms with Crippen LogP contribution in [0, 0.1) is 0 Å². The molecule has 2 heterocycles. The van der Waals surface area contributed by atoms with E-state index in [-0.39, 0.29) is 18.1 Å². The van der Waals surface area contributed by atoms with Gasteiger partial charge in [0.1, 0.15) is 11.6 Å². The molecule has 1 aromatic heterocycles. The lowest BCUT2D eigenvalue weighted by Crippen LogP contribution is -2.17. The summed E-state index contributed by atoms with van der Waals surface area (Å²) in [4.78, 5) is 16.8. The number of ether oxygens (including phenoxy) is 1. The highest BCUT2D eigenvalue weighted by Crippen LogP contribution is 2.26. The van der Waals surface area contributed by atoms with Gasteiger partial charge in [-0.15, -0.1) is 13.2 Å². The van der Waals surface area contributed by atoms with E-state index in [2.05, 4.69) is 19.6 Å². The Labute approximate surface area is 171 Å². The van der Waals surface area contributed by atoms with E-state index in [1.54, 1.807) is 0 Å². The second kappa shape index (κ2) is 8.22. The van der Waals surface area contributed by atoms with Crippen molar-refractivity contribution in [2.45, 2.75) is 38.6 Å². The number of aromatic nitrogens is 2. The summed E-state index contributed by atoms with van der Waals surface area (Å²) in [5, 5.41) is 2.80. The van der Waals surface area contributed by atoms with Gasteiger partial charge in [-0.2, -0.15) is 0 Å². The standard InChI is InChI=1S/C22H20F3N3O2/c23-22(24,25)30-19-10-4-15(5-11-19)13-20(29)27-17-8-6-16(7-9-17)21-26-14-18-3-1-2-12-28(18)21/h4-11,14H,1-3,12-13H2,(H,27,29). The van der Waals surface area contributed by atoms with Gasteiger partial charge in [0.05, 0.1) is 6.42 Å². The minimum absolute atomic E-state index is 0.0435. The maximum absolute atomic E-state index is 12.3. The highest BCUT2D eigenvalue weighted by atomic mass is 19.4. The van der Waals surface area contributed by atoms with Crippen LogP contribution in [0.15, 0.2) is 54.7 Å². The van der Waals surface area contributed by atoms with Gasteiger partial charge in [-0.1, -0.05) is 12.1 Å². The van der Waals surface area contributed by atoms with Crippen molar-refractivity contribution in [2.24, 2.45) is 0 Å². The van der Waals surface area contributed by atoms with Gasteiger partial charge in [0.25, 0.3) is 0 Å². The molecule has 0 atom stereocenters. The number of carbonyl (C=O) groups is 1. The molecule has 1 aliphatic heterocycles. The number of aryl methyl sites for hydroxylation is 1. The van der Waals surface area contributed by atoms with Gasteiger partial charge >= 0.3 is 6.36 Å². The molecule has 0 spiro atoms. The van der Waals surface area contributed by atoms with Crippen molar-refractivity contribution >= 4 is 11.6 Å². The zero-order chi connectivity index (χ0) is 21.1. The number of benzene rings is 2. The normalized spacial score (nSPS) is 13.6. The summed E-state index contributed by atoms with van der Waals surface area (Å²) in [7, 11) is 0. The van der Waals surface area contributed by atoms with Gasteiger partial charge in [0, 0.05) is 29.7 Å². The molecular formula is C22H20F3N3O2. The molecule has 0 aliphatic carbocycles. The van der Waals surface area contributed by atoms with Gasteiger partial charge in [-0.25, -0.2) is 4.98 Å². The number of hydrogen-bond donors (Lipinski definition) is 1. The van der Waals surface area contributed by atoms with E-state index in [9.17, 15) is 18.0 Å². The van der Waals surface area contributed by atoms with Crippen LogP contribution in [0.4, 0.5) is 18.9 Å². The van der Waals surface area contributed by atoms with Crippen LogP contribution in [-0.2, 0) is 24.2 Å². The Morgan fingerprint density at radius 2 is 1.80 bits per heavy atom. The topological polar surface area (TPSA) is 56.1 Å². The Hall–Kier alpha value is -3.29. The first kappa shape index (κ1) is 20.0. The molecule has 30 heavy (non-hydrogen) atoms. The Balaban J connectivity index is 1.36. The molecule has 0 fully saturated rings. The number of anilines is 1. The third-order valence-electron chi connectivity index (χ3n) is 4.95. The van der Waals surface area contributed by atoms with E-state index < -0.39 is 6.36 Å². The smallest absolute Gasteiger partial charge is 0.406 e. The van der Waals surface area contributed by atoms with E-state index in [1.165, 1.54) is 36.4 Å². The van der Waals surface area contributed by atoms with Crippen molar-refractivity contribution in [1.82, 2.24) is 9.55 Å². The van der Waals surface area contributed by atoms with Crippen LogP contribution >= 0.6 is 0 Å². The van der Waals surface area contributed by atoms with Gasteiger partial charge in [0.2, 0.25) is 5.91 Å². The number of nitrogens with one attached hydrogen (secondary N) is 1. The summed E-state index contributed by atoms with van der Waals surface area (Å²) >= 11 is 0. The van der Waals surface area contributed by atoms with Gasteiger partial charge < -0.3 is 14.6 Å². The fourth-order valence-corrected chi connectivity index (χ4v) is 3.57. The lowest BCUT2D eigenvalue weighted by Gasteiger charge is -2.16. The average molecular weight is 415 g/mol. The molecule has 3 aromatic rings. The number of alkyl halides is 3. The molecule has 0 radical (unpaired) electrons. The number of imidazole rings is 1. The molecule has 1 N–H and O–H groups in total. The SMILES string of the molecule is O=C(Cc1ccc(OC(F)(F)F)cc1)Nc1ccc(-c2ncc3n2CCCC3)cc1. The van der Waals surface area contributed by atoms with Crippen molar-refractivity contribution in [3.05, 3.63) is 66.0 Å². The van der Waals surface area contributed by atoms with Crippen LogP contribution < -0.4 is 10.1 Å². The third-order valence-corrected chi connectivity index (χ3v) is 4.95. The van der Waals surface area contributed by atoms with Crippen molar-refractivity contribution < 1.29 is 22.7 Å². The Bertz CT molecular complexity index is 1030. The first-order valence-corrected chi connectivity index (χ1v) is 9.67. The highest BCUT2D eigenvalue weighted by molar-refractivity contribution is 5.92. The predicted octanol–water partition coefficient (Wildman–Crippen LogP) is 4.97. The second-order valence-corrected chi connectivity index (χ2v) is 7.18. The summed E-state index contributed by atoms with van der Waals surface area (Å²) < 4.78 is 42.7. The number of nitrogens with zero attached hydrogens (tertiary/aromatic N) is 2. The lowest BCUT2D eigenvalue weighted by molar-refractivity contribution is -0.274. The largest absolute Gasteiger partial charge is 0.573 e. The quantitative estimate of drug-likeness (QED) is 0.640. The van der Waals surface area contributed by atoms with Crippen molar-refractivity contribution in [1.29, 1.82) is 0 Å². The second-order valence-electron chi connectivity index (χ2n) is 7.18. The zero-order valence-corrected chi connectivity index (χ0v) is 16.1. The molecular weight excluding hydrogens is 395 g/mol. The van der Waals surface area contributed by atoms with E-state index >= 15 is 0 Å². The molecule has 1 aliphatic rings. The molecule has 156 valence electrons. The number of halogens is 3. The molecule has 0 unspecified atom stereocenters. The van der Waals surface area contributed by atoms with Gasteiger partial charge in [0.15, 0.2) is 0 Å². The van der Waals surface area contributed by atoms with Gasteiger partial charge in [-0.3, -0.25) is 4.79 Å². The maximum Gasteiger partial charge on any atom is 0.573 e. The highest BCUT2D eigenvalue weighted by Gasteiger charge is 2.31. The summed E-state index contributed by atoms with van der Waals surface area (Å²) in [6.45, 7) is 0.968. The molecule has 4 rings (SSSR count). The summed E-state index contributed by atoms with van der Waals surface area (Å²) in [5.74, 6) is 0.359. The fraction of sp³-hybridized carbons (Fsp3) is 0.273. The molecule has 0 bridgehead atoms. The van der Waals surface area contributed by atoms with Crippen LogP contribution in [0.25, 0.3) is 11.4 Å². The van der Waals surface area contributed by atoms with E-state index in [1.807, 2.05) is 30.5 Å². The van der Waals surface area contributed by atoms with E-state index in [0.29, 0.717) is 11.3 Å². The summed E-state index contributed by atoms with van der Waals surface area (Å²) in [6.07, 6.45) is 0.615. The van der Waals surface area contributed by atoms with Crippen LogP contribution in [-0.4, -0.2) is 21.8 Å². The van der Waals surface area contributed by atoms with Crippen molar-refractivity contribution in [3.8, 4) is 17.1 Å². The average Bonchev–Trinajstić information content (AvgIpc) is 3.13. The zero-order valence-electron chi connectivity index (χ0n) is 16.1. The number of fused-ring (bicyclic) bond motifs is 1. The molecule has 0 saturated carbocycles. The number of hydrogen-bond acceptors (Lipinski definition) is 3. The molecule has 2 aromatic carbocycles. The summed E-state index contributed by atoms with van der Waals surface area (Å²) in [6, 6.07) is 12.7. The Kier molecular flexibility index (Phi) is 5.48. The first-order valence-electron chi connectivity index (χ1n) is 9.67. The van der Waals surface area contributed by atoms with Crippen molar-refractivity contribution in [3.63, 3.8) is 0 Å². The number of rotatable bonds is 5. The molecule has 1 amide bonds. The van der Waals surface area contributed by atoms with Crippen molar-refractivity contribution in [2.75, 3.05) is 5.32 Å². The fourth-order valence-electron chi connectivity index (χ4n) is 3.57.